The van der Waals surface area contributed by atoms with Crippen molar-refractivity contribution in [2.45, 2.75) is 33.2 Å². The molecule has 2 N–H and O–H groups in total. The number of carbonyl (C=O) groups excluding carboxylic acids is 1. The van der Waals surface area contributed by atoms with Gasteiger partial charge in [0.1, 0.15) is 13.2 Å². The minimum atomic E-state index is -0.436. The largest absolute Gasteiger partial charge is 0.486 e. The molecule has 3 heterocycles. The smallest absolute Gasteiger partial charge is 0.251 e. The fraction of sp³-hybridized carbons (Fsp3) is 0.320. The van der Waals surface area contributed by atoms with E-state index in [-0.39, 0.29) is 6.79 Å². The van der Waals surface area contributed by atoms with Gasteiger partial charge >= 0.3 is 0 Å². The molecule has 166 valence electrons. The molecule has 7 heteroatoms. The Hall–Kier alpha value is -3.61. The molecule has 0 radical (unpaired) electrons. The molecule has 1 aromatic heterocycles. The van der Waals surface area contributed by atoms with Crippen molar-refractivity contribution in [3.63, 3.8) is 0 Å². The Balaban J connectivity index is 1.64. The van der Waals surface area contributed by atoms with E-state index in [9.17, 15) is 4.79 Å². The first-order valence-electron chi connectivity index (χ1n) is 10.9. The SMILES string of the molecule is CCCc1c(-c2ccc3c(c2)OCCO3)c(C(N)=O)c(C)n1Cc1ccc2c(c1)OCO2. The zero-order chi connectivity index (χ0) is 22.2. The fourth-order valence-corrected chi connectivity index (χ4v) is 4.54. The van der Waals surface area contributed by atoms with Crippen LogP contribution in [0.4, 0.5) is 0 Å². The van der Waals surface area contributed by atoms with E-state index in [1.165, 1.54) is 0 Å². The lowest BCUT2D eigenvalue weighted by Gasteiger charge is -2.19. The number of ether oxygens (including phenoxy) is 4. The van der Waals surface area contributed by atoms with Gasteiger partial charge in [-0.25, -0.2) is 0 Å². The number of hydrogen-bond donors (Lipinski definition) is 1. The van der Waals surface area contributed by atoms with Crippen LogP contribution in [-0.4, -0.2) is 30.5 Å². The molecule has 2 aliphatic heterocycles. The lowest BCUT2D eigenvalue weighted by Crippen LogP contribution is -2.15. The topological polar surface area (TPSA) is 84.9 Å². The van der Waals surface area contributed by atoms with E-state index in [2.05, 4.69) is 11.5 Å². The van der Waals surface area contributed by atoms with Gasteiger partial charge in [-0.2, -0.15) is 0 Å². The number of rotatable bonds is 6. The summed E-state index contributed by atoms with van der Waals surface area (Å²) in [5, 5.41) is 0. The van der Waals surface area contributed by atoms with Gasteiger partial charge in [-0.3, -0.25) is 4.79 Å². The van der Waals surface area contributed by atoms with Crippen molar-refractivity contribution in [1.82, 2.24) is 4.57 Å². The van der Waals surface area contributed by atoms with Crippen LogP contribution in [0.25, 0.3) is 11.1 Å². The van der Waals surface area contributed by atoms with Crippen molar-refractivity contribution in [2.24, 2.45) is 5.73 Å². The Morgan fingerprint density at radius 2 is 1.66 bits per heavy atom. The second-order valence-electron chi connectivity index (χ2n) is 8.03. The van der Waals surface area contributed by atoms with E-state index in [1.807, 2.05) is 43.3 Å². The van der Waals surface area contributed by atoms with Crippen molar-refractivity contribution in [1.29, 1.82) is 0 Å². The summed E-state index contributed by atoms with van der Waals surface area (Å²) in [7, 11) is 0. The molecule has 3 aromatic rings. The number of amides is 1. The molecular formula is C25H26N2O5. The predicted molar refractivity (Wildman–Crippen MR) is 120 cm³/mol. The number of aromatic nitrogens is 1. The zero-order valence-electron chi connectivity index (χ0n) is 18.3. The standard InChI is InChI=1S/C25H26N2O5/c1-3-4-18-24(17-6-8-19-22(12-17)30-10-9-29-19)23(25(26)28)15(2)27(18)13-16-5-7-20-21(11-16)32-14-31-20/h5-8,11-12H,3-4,9-10,13-14H2,1-2H3,(H2,26,28). The van der Waals surface area contributed by atoms with E-state index in [1.54, 1.807) is 0 Å². The number of benzene rings is 2. The molecule has 2 aromatic carbocycles. The second kappa shape index (κ2) is 8.15. The molecule has 1 amide bonds. The van der Waals surface area contributed by atoms with Crippen LogP contribution in [0, 0.1) is 6.92 Å². The fourth-order valence-electron chi connectivity index (χ4n) is 4.54. The average molecular weight is 434 g/mol. The van der Waals surface area contributed by atoms with Crippen LogP contribution in [0.15, 0.2) is 36.4 Å². The van der Waals surface area contributed by atoms with Gasteiger partial charge in [0.05, 0.1) is 5.56 Å². The van der Waals surface area contributed by atoms with E-state index < -0.39 is 5.91 Å². The number of nitrogens with two attached hydrogens (primary N) is 1. The summed E-state index contributed by atoms with van der Waals surface area (Å²) in [6, 6.07) is 11.8. The first-order chi connectivity index (χ1) is 15.6. The molecule has 5 rings (SSSR count). The third-order valence-electron chi connectivity index (χ3n) is 5.97. The minimum absolute atomic E-state index is 0.239. The van der Waals surface area contributed by atoms with Gasteiger partial charge in [0, 0.05) is 23.5 Å². The first-order valence-corrected chi connectivity index (χ1v) is 10.9. The average Bonchev–Trinajstić information content (AvgIpc) is 3.36. The van der Waals surface area contributed by atoms with Gasteiger partial charge in [0.2, 0.25) is 6.79 Å². The van der Waals surface area contributed by atoms with Crippen LogP contribution in [0.5, 0.6) is 23.0 Å². The number of fused-ring (bicyclic) bond motifs is 2. The molecular weight excluding hydrogens is 408 g/mol. The highest BCUT2D eigenvalue weighted by Gasteiger charge is 2.26. The van der Waals surface area contributed by atoms with Gasteiger partial charge in [-0.1, -0.05) is 25.5 Å². The van der Waals surface area contributed by atoms with Crippen molar-refractivity contribution >= 4 is 5.91 Å². The van der Waals surface area contributed by atoms with Crippen LogP contribution >= 0.6 is 0 Å². The lowest BCUT2D eigenvalue weighted by atomic mass is 9.97. The summed E-state index contributed by atoms with van der Waals surface area (Å²) in [4.78, 5) is 12.6. The van der Waals surface area contributed by atoms with Crippen molar-refractivity contribution in [3.05, 3.63) is 58.9 Å². The van der Waals surface area contributed by atoms with E-state index >= 15 is 0 Å². The monoisotopic (exact) mass is 434 g/mol. The summed E-state index contributed by atoms with van der Waals surface area (Å²) in [6.07, 6.45) is 1.74. The molecule has 0 unspecified atom stereocenters. The maximum atomic E-state index is 12.6. The number of primary amides is 1. The number of hydrogen-bond acceptors (Lipinski definition) is 5. The van der Waals surface area contributed by atoms with E-state index in [0.717, 1.165) is 52.4 Å². The molecule has 0 atom stereocenters. The second-order valence-corrected chi connectivity index (χ2v) is 8.03. The van der Waals surface area contributed by atoms with Crippen LogP contribution in [0.3, 0.4) is 0 Å². The van der Waals surface area contributed by atoms with Crippen molar-refractivity contribution in [2.75, 3.05) is 20.0 Å². The highest BCUT2D eigenvalue weighted by Crippen LogP contribution is 2.40. The molecule has 7 nitrogen and oxygen atoms in total. The molecule has 0 bridgehead atoms. The van der Waals surface area contributed by atoms with Crippen LogP contribution < -0.4 is 24.7 Å². The van der Waals surface area contributed by atoms with Crippen LogP contribution in [-0.2, 0) is 13.0 Å². The molecule has 0 fully saturated rings. The number of nitrogens with zero attached hydrogens (tertiary/aromatic N) is 1. The molecule has 0 saturated carbocycles. The first kappa shape index (κ1) is 20.3. The maximum absolute atomic E-state index is 12.6. The third kappa shape index (κ3) is 3.43. The van der Waals surface area contributed by atoms with Gasteiger partial charge in [0.25, 0.3) is 5.91 Å². The summed E-state index contributed by atoms with van der Waals surface area (Å²) in [5.74, 6) is 2.46. The van der Waals surface area contributed by atoms with Gasteiger partial charge in [-0.05, 0) is 48.7 Å². The Labute approximate surface area is 186 Å². The third-order valence-corrected chi connectivity index (χ3v) is 5.97. The Bertz CT molecular complexity index is 1200. The summed E-state index contributed by atoms with van der Waals surface area (Å²) < 4.78 is 24.6. The van der Waals surface area contributed by atoms with Gasteiger partial charge in [-0.15, -0.1) is 0 Å². The maximum Gasteiger partial charge on any atom is 0.251 e. The Kier molecular flexibility index (Phi) is 5.17. The van der Waals surface area contributed by atoms with E-state index in [0.29, 0.717) is 36.8 Å². The van der Waals surface area contributed by atoms with Gasteiger partial charge in [0.15, 0.2) is 23.0 Å². The molecule has 2 aliphatic rings. The lowest BCUT2D eigenvalue weighted by molar-refractivity contribution is 0.1000. The summed E-state index contributed by atoms with van der Waals surface area (Å²) in [5.41, 5.74) is 11.2. The van der Waals surface area contributed by atoms with E-state index in [4.69, 9.17) is 24.7 Å². The summed E-state index contributed by atoms with van der Waals surface area (Å²) >= 11 is 0. The Morgan fingerprint density at radius 1 is 0.969 bits per heavy atom. The predicted octanol–water partition coefficient (Wildman–Crippen LogP) is 4.06. The highest BCUT2D eigenvalue weighted by molar-refractivity contribution is 6.02. The van der Waals surface area contributed by atoms with Crippen LogP contribution in [0.2, 0.25) is 0 Å². The Morgan fingerprint density at radius 3 is 2.44 bits per heavy atom. The van der Waals surface area contributed by atoms with Crippen molar-refractivity contribution in [3.8, 4) is 34.1 Å². The molecule has 0 spiro atoms. The molecule has 32 heavy (non-hydrogen) atoms. The van der Waals surface area contributed by atoms with Gasteiger partial charge < -0.3 is 29.2 Å². The normalized spacial score (nSPS) is 13.9. The molecule has 0 aliphatic carbocycles. The number of carbonyl (C=O) groups is 1. The molecule has 0 saturated heterocycles. The highest BCUT2D eigenvalue weighted by atomic mass is 16.7. The zero-order valence-corrected chi connectivity index (χ0v) is 18.3. The van der Waals surface area contributed by atoms with Crippen molar-refractivity contribution < 1.29 is 23.7 Å². The summed E-state index contributed by atoms with van der Waals surface area (Å²) in [6.45, 7) is 5.96. The quantitative estimate of drug-likeness (QED) is 0.632. The minimum Gasteiger partial charge on any atom is -0.486 e. The van der Waals surface area contributed by atoms with Crippen LogP contribution in [0.1, 0.15) is 40.7 Å².